The number of carbonyl (C=O) groups excluding carboxylic acids is 1. The molecule has 0 saturated heterocycles. The van der Waals surface area contributed by atoms with E-state index in [-0.39, 0.29) is 5.91 Å². The lowest BCUT2D eigenvalue weighted by Gasteiger charge is -2.36. The molecule has 6 heteroatoms. The minimum Gasteiger partial charge on any atom is -0.388 e. The molecule has 2 aromatic rings. The van der Waals surface area contributed by atoms with Crippen LogP contribution in [-0.4, -0.2) is 37.9 Å². The first kappa shape index (κ1) is 12.8. The first-order valence-corrected chi connectivity index (χ1v) is 6.62. The number of amides is 1. The topological polar surface area (TPSA) is 80.0 Å². The van der Waals surface area contributed by atoms with E-state index < -0.39 is 5.60 Å². The average Bonchev–Trinajstić information content (AvgIpc) is 2.97. The van der Waals surface area contributed by atoms with Crippen LogP contribution in [-0.2, 0) is 0 Å². The highest BCUT2D eigenvalue weighted by atomic mass is 16.3. The van der Waals surface area contributed by atoms with Crippen LogP contribution in [0.2, 0.25) is 0 Å². The molecule has 1 heterocycles. The molecule has 6 nitrogen and oxygen atoms in total. The van der Waals surface area contributed by atoms with E-state index in [0.29, 0.717) is 12.1 Å². The predicted molar refractivity (Wildman–Crippen MR) is 72.5 cm³/mol. The van der Waals surface area contributed by atoms with Crippen molar-refractivity contribution in [2.45, 2.75) is 24.9 Å². The molecule has 0 atom stereocenters. The van der Waals surface area contributed by atoms with E-state index in [9.17, 15) is 9.90 Å². The van der Waals surface area contributed by atoms with Crippen LogP contribution in [0.3, 0.4) is 0 Å². The van der Waals surface area contributed by atoms with Gasteiger partial charge >= 0.3 is 0 Å². The quantitative estimate of drug-likeness (QED) is 0.867. The summed E-state index contributed by atoms with van der Waals surface area (Å²) in [6.07, 6.45) is 5.75. The highest BCUT2D eigenvalue weighted by Gasteiger charge is 2.34. The fraction of sp³-hybridized carbons (Fsp3) is 0.357. The molecule has 2 N–H and O–H groups in total. The third-order valence-corrected chi connectivity index (χ3v) is 3.71. The van der Waals surface area contributed by atoms with E-state index in [1.54, 1.807) is 29.4 Å². The summed E-state index contributed by atoms with van der Waals surface area (Å²) in [6.45, 7) is 0.318. The van der Waals surface area contributed by atoms with E-state index in [4.69, 9.17) is 0 Å². The Bertz CT molecular complexity index is 588. The van der Waals surface area contributed by atoms with Crippen molar-refractivity contribution in [3.05, 3.63) is 42.5 Å². The van der Waals surface area contributed by atoms with Crippen molar-refractivity contribution in [3.8, 4) is 5.69 Å². The maximum atomic E-state index is 12.0. The van der Waals surface area contributed by atoms with Crippen LogP contribution in [0.5, 0.6) is 0 Å². The largest absolute Gasteiger partial charge is 0.388 e. The Labute approximate surface area is 116 Å². The van der Waals surface area contributed by atoms with Gasteiger partial charge in [0.05, 0.1) is 5.60 Å². The number of aliphatic hydroxyl groups is 1. The second-order valence-electron chi connectivity index (χ2n) is 5.18. The third kappa shape index (κ3) is 2.55. The highest BCUT2D eigenvalue weighted by Crippen LogP contribution is 2.30. The van der Waals surface area contributed by atoms with E-state index >= 15 is 0 Å². The van der Waals surface area contributed by atoms with Crippen LogP contribution >= 0.6 is 0 Å². The molecule has 1 aromatic heterocycles. The molecule has 1 aromatic carbocycles. The standard InChI is InChI=1S/C14H16N4O2/c19-13(15-8-14(20)6-1-7-14)11-2-4-12(5-3-11)18-9-16-17-10-18/h2-5,9-10,20H,1,6-8H2,(H,15,19). The number of benzene rings is 1. The predicted octanol–water partition coefficient (Wildman–Crippen LogP) is 0.912. The van der Waals surface area contributed by atoms with Crippen molar-refractivity contribution >= 4 is 5.91 Å². The molecule has 1 saturated carbocycles. The van der Waals surface area contributed by atoms with Crippen LogP contribution in [0.1, 0.15) is 29.6 Å². The number of hydrogen-bond acceptors (Lipinski definition) is 4. The van der Waals surface area contributed by atoms with E-state index in [1.165, 1.54) is 0 Å². The highest BCUT2D eigenvalue weighted by molar-refractivity contribution is 5.94. The zero-order chi connectivity index (χ0) is 14.0. The summed E-state index contributed by atoms with van der Waals surface area (Å²) in [6, 6.07) is 7.15. The molecule has 20 heavy (non-hydrogen) atoms. The molecule has 1 aliphatic rings. The van der Waals surface area contributed by atoms with Gasteiger partial charge in [0, 0.05) is 17.8 Å². The number of nitrogens with one attached hydrogen (secondary N) is 1. The maximum Gasteiger partial charge on any atom is 0.251 e. The van der Waals surface area contributed by atoms with Crippen molar-refractivity contribution in [1.29, 1.82) is 0 Å². The van der Waals surface area contributed by atoms with E-state index in [1.807, 2.05) is 12.1 Å². The van der Waals surface area contributed by atoms with Gasteiger partial charge in [-0.3, -0.25) is 9.36 Å². The van der Waals surface area contributed by atoms with Crippen molar-refractivity contribution < 1.29 is 9.90 Å². The summed E-state index contributed by atoms with van der Waals surface area (Å²) in [4.78, 5) is 12.0. The smallest absolute Gasteiger partial charge is 0.251 e. The third-order valence-electron chi connectivity index (χ3n) is 3.71. The lowest BCUT2D eigenvalue weighted by Crippen LogP contribution is -2.47. The average molecular weight is 272 g/mol. The van der Waals surface area contributed by atoms with Crippen molar-refractivity contribution in [2.75, 3.05) is 6.54 Å². The van der Waals surface area contributed by atoms with Gasteiger partial charge in [-0.15, -0.1) is 10.2 Å². The molecular weight excluding hydrogens is 256 g/mol. The molecule has 0 spiro atoms. The van der Waals surface area contributed by atoms with Gasteiger partial charge in [-0.1, -0.05) is 0 Å². The first-order valence-electron chi connectivity index (χ1n) is 6.62. The van der Waals surface area contributed by atoms with Gasteiger partial charge in [-0.25, -0.2) is 0 Å². The SMILES string of the molecule is O=C(NCC1(O)CCC1)c1ccc(-n2cnnc2)cc1. The molecule has 0 aliphatic heterocycles. The van der Waals surface area contributed by atoms with Crippen LogP contribution in [0.15, 0.2) is 36.9 Å². The van der Waals surface area contributed by atoms with E-state index in [2.05, 4.69) is 15.5 Å². The molecule has 0 radical (unpaired) electrons. The zero-order valence-corrected chi connectivity index (χ0v) is 11.0. The monoisotopic (exact) mass is 272 g/mol. The Balaban J connectivity index is 1.63. The second-order valence-corrected chi connectivity index (χ2v) is 5.18. The van der Waals surface area contributed by atoms with Crippen LogP contribution in [0, 0.1) is 0 Å². The molecule has 104 valence electrons. The Morgan fingerprint density at radius 2 is 1.90 bits per heavy atom. The molecule has 0 unspecified atom stereocenters. The molecule has 1 fully saturated rings. The molecule has 3 rings (SSSR count). The molecular formula is C14H16N4O2. The van der Waals surface area contributed by atoms with Crippen LogP contribution in [0.4, 0.5) is 0 Å². The molecule has 1 aliphatic carbocycles. The Morgan fingerprint density at radius 1 is 1.25 bits per heavy atom. The summed E-state index contributed by atoms with van der Waals surface area (Å²) in [5, 5.41) is 20.2. The number of hydrogen-bond donors (Lipinski definition) is 2. The summed E-state index contributed by atoms with van der Waals surface area (Å²) in [5.74, 6) is -0.166. The van der Waals surface area contributed by atoms with Gasteiger partial charge in [0.25, 0.3) is 5.91 Å². The van der Waals surface area contributed by atoms with Crippen molar-refractivity contribution in [3.63, 3.8) is 0 Å². The van der Waals surface area contributed by atoms with Gasteiger partial charge in [-0.2, -0.15) is 0 Å². The fourth-order valence-corrected chi connectivity index (χ4v) is 2.23. The Hall–Kier alpha value is -2.21. The summed E-state index contributed by atoms with van der Waals surface area (Å²) in [7, 11) is 0. The van der Waals surface area contributed by atoms with E-state index in [0.717, 1.165) is 24.9 Å². The maximum absolute atomic E-state index is 12.0. The van der Waals surface area contributed by atoms with Gasteiger partial charge < -0.3 is 10.4 Å². The van der Waals surface area contributed by atoms with Crippen LogP contribution in [0.25, 0.3) is 5.69 Å². The summed E-state index contributed by atoms with van der Waals surface area (Å²) < 4.78 is 1.76. The molecule has 0 bridgehead atoms. The minimum atomic E-state index is -0.696. The number of nitrogens with zero attached hydrogens (tertiary/aromatic N) is 3. The zero-order valence-electron chi connectivity index (χ0n) is 11.0. The molecule has 1 amide bonds. The normalized spacial score (nSPS) is 16.4. The Kier molecular flexibility index (Phi) is 3.23. The van der Waals surface area contributed by atoms with Gasteiger partial charge in [0.2, 0.25) is 0 Å². The lowest BCUT2D eigenvalue weighted by atomic mass is 9.80. The van der Waals surface area contributed by atoms with Crippen molar-refractivity contribution in [2.24, 2.45) is 0 Å². The lowest BCUT2D eigenvalue weighted by molar-refractivity contribution is -0.0300. The fourth-order valence-electron chi connectivity index (χ4n) is 2.23. The van der Waals surface area contributed by atoms with Gasteiger partial charge in [-0.05, 0) is 43.5 Å². The minimum absolute atomic E-state index is 0.166. The summed E-state index contributed by atoms with van der Waals surface area (Å²) in [5.41, 5.74) is 0.770. The van der Waals surface area contributed by atoms with Crippen molar-refractivity contribution in [1.82, 2.24) is 20.1 Å². The Morgan fingerprint density at radius 3 is 2.45 bits per heavy atom. The first-order chi connectivity index (χ1) is 9.66. The van der Waals surface area contributed by atoms with Gasteiger partial charge in [0.15, 0.2) is 0 Å². The number of aromatic nitrogens is 3. The summed E-state index contributed by atoms with van der Waals surface area (Å²) >= 11 is 0. The number of rotatable bonds is 4. The number of carbonyl (C=O) groups is 1. The van der Waals surface area contributed by atoms with Crippen LogP contribution < -0.4 is 5.32 Å². The van der Waals surface area contributed by atoms with Gasteiger partial charge in [0.1, 0.15) is 12.7 Å². The second kappa shape index (κ2) is 5.05.